The summed E-state index contributed by atoms with van der Waals surface area (Å²) in [6.45, 7) is 19.4. The van der Waals surface area contributed by atoms with Gasteiger partial charge in [-0.05, 0) is 69.9 Å². The summed E-state index contributed by atoms with van der Waals surface area (Å²) >= 11 is 0. The fourth-order valence-corrected chi connectivity index (χ4v) is 5.05. The molecule has 0 saturated heterocycles. The molecule has 242 valence electrons. The predicted octanol–water partition coefficient (Wildman–Crippen LogP) is 7.12. The Morgan fingerprint density at radius 2 is 1.65 bits per heavy atom. The number of Topliss-reactive ketones (excluding diaryl/α,β-unsaturated/α-hetero) is 2. The summed E-state index contributed by atoms with van der Waals surface area (Å²) in [7, 11) is 3.81. The van der Waals surface area contributed by atoms with Crippen LogP contribution < -0.4 is 10.6 Å². The molecule has 8 nitrogen and oxygen atoms in total. The maximum Gasteiger partial charge on any atom is 0.259 e. The Balaban J connectivity index is 0.00000150. The predicted molar refractivity (Wildman–Crippen MR) is 180 cm³/mol. The van der Waals surface area contributed by atoms with Gasteiger partial charge in [-0.2, -0.15) is 0 Å². The van der Waals surface area contributed by atoms with Gasteiger partial charge in [-0.1, -0.05) is 65.3 Å². The molecule has 0 heterocycles. The van der Waals surface area contributed by atoms with Crippen molar-refractivity contribution in [3.63, 3.8) is 0 Å². The zero-order valence-corrected chi connectivity index (χ0v) is 28.2. The number of hydrogen-bond donors (Lipinski definition) is 3. The molecule has 0 aromatic heterocycles. The number of aliphatic hydroxyl groups is 1. The topological polar surface area (TPSA) is 111 Å². The molecule has 1 aliphatic rings. The van der Waals surface area contributed by atoms with Crippen LogP contribution >= 0.6 is 0 Å². The molecular formula is C35H58N4O4. The summed E-state index contributed by atoms with van der Waals surface area (Å²) in [5.41, 5.74) is 3.73. The minimum Gasteiger partial charge on any atom is -0.511 e. The number of hydrogen-bond acceptors (Lipinski definition) is 6. The second-order valence-electron chi connectivity index (χ2n) is 11.5. The van der Waals surface area contributed by atoms with Crippen LogP contribution in [0, 0.1) is 5.92 Å². The number of unbranched alkanes of at least 4 members (excludes halogenated alkanes) is 3. The number of nitrogens with one attached hydrogen (secondary N) is 2. The normalized spacial score (nSPS) is 14.6. The van der Waals surface area contributed by atoms with E-state index in [2.05, 4.69) is 61.5 Å². The Morgan fingerprint density at radius 3 is 2.14 bits per heavy atom. The Kier molecular flexibility index (Phi) is 20.4. The van der Waals surface area contributed by atoms with Gasteiger partial charge in [0.1, 0.15) is 11.3 Å². The molecular weight excluding hydrogens is 540 g/mol. The van der Waals surface area contributed by atoms with Crippen molar-refractivity contribution >= 4 is 23.3 Å². The molecule has 0 radical (unpaired) electrons. The quantitative estimate of drug-likeness (QED) is 0.0189. The SMILES string of the molecule is C=C/C(C)=C(\C=C)C(C)=O.CCCCCCC(=NC)NCNC(=O)/C(C(C)=O)=C(\O)CC1=C(N(C)CC(C)C)CCCC1. The second kappa shape index (κ2) is 22.2. The van der Waals surface area contributed by atoms with E-state index in [1.165, 1.54) is 32.4 Å². The number of carbonyl (C=O) groups is 3. The lowest BCUT2D eigenvalue weighted by atomic mass is 9.91. The molecule has 0 fully saturated rings. The van der Waals surface area contributed by atoms with Crippen LogP contribution in [0.1, 0.15) is 106 Å². The Morgan fingerprint density at radius 1 is 1.00 bits per heavy atom. The van der Waals surface area contributed by atoms with Crippen molar-refractivity contribution in [3.05, 3.63) is 59.1 Å². The van der Waals surface area contributed by atoms with E-state index in [9.17, 15) is 19.5 Å². The van der Waals surface area contributed by atoms with Crippen LogP contribution in [0.3, 0.4) is 0 Å². The van der Waals surface area contributed by atoms with E-state index in [-0.39, 0.29) is 30.2 Å². The Hall–Kier alpha value is -3.42. The van der Waals surface area contributed by atoms with Crippen LogP contribution in [0.5, 0.6) is 0 Å². The maximum absolute atomic E-state index is 12.7. The van der Waals surface area contributed by atoms with Crippen LogP contribution in [0.2, 0.25) is 0 Å². The first-order chi connectivity index (χ1) is 20.3. The number of rotatable bonds is 17. The number of allylic oxidation sites excluding steroid dienone is 6. The monoisotopic (exact) mass is 598 g/mol. The van der Waals surface area contributed by atoms with Crippen LogP contribution in [0.4, 0.5) is 0 Å². The first kappa shape index (κ1) is 39.6. The van der Waals surface area contributed by atoms with Gasteiger partial charge in [0.05, 0.1) is 12.5 Å². The highest BCUT2D eigenvalue weighted by molar-refractivity contribution is 6.18. The fraction of sp³-hybridized carbons (Fsp3) is 0.600. The number of aliphatic imine (C=N–C) groups is 1. The van der Waals surface area contributed by atoms with E-state index in [1.54, 1.807) is 19.2 Å². The lowest BCUT2D eigenvalue weighted by Crippen LogP contribution is -2.39. The van der Waals surface area contributed by atoms with E-state index >= 15 is 0 Å². The zero-order valence-electron chi connectivity index (χ0n) is 28.2. The molecule has 0 spiro atoms. The molecule has 0 aromatic rings. The van der Waals surface area contributed by atoms with Gasteiger partial charge in [-0.15, -0.1) is 0 Å². The highest BCUT2D eigenvalue weighted by Gasteiger charge is 2.23. The van der Waals surface area contributed by atoms with E-state index in [0.717, 1.165) is 68.5 Å². The molecule has 0 atom stereocenters. The van der Waals surface area contributed by atoms with Gasteiger partial charge in [-0.3, -0.25) is 19.4 Å². The van der Waals surface area contributed by atoms with Crippen molar-refractivity contribution in [2.45, 2.75) is 106 Å². The van der Waals surface area contributed by atoms with Crippen molar-refractivity contribution in [2.75, 3.05) is 27.3 Å². The molecule has 43 heavy (non-hydrogen) atoms. The average Bonchev–Trinajstić information content (AvgIpc) is 2.94. The van der Waals surface area contributed by atoms with Gasteiger partial charge >= 0.3 is 0 Å². The number of carbonyl (C=O) groups excluding carboxylic acids is 3. The number of amides is 1. The van der Waals surface area contributed by atoms with Crippen molar-refractivity contribution < 1.29 is 19.5 Å². The van der Waals surface area contributed by atoms with E-state index in [0.29, 0.717) is 11.5 Å². The third-order valence-corrected chi connectivity index (χ3v) is 7.29. The van der Waals surface area contributed by atoms with Crippen LogP contribution in [-0.2, 0) is 14.4 Å². The van der Waals surface area contributed by atoms with Crippen molar-refractivity contribution in [3.8, 4) is 0 Å². The lowest BCUT2D eigenvalue weighted by Gasteiger charge is -2.30. The summed E-state index contributed by atoms with van der Waals surface area (Å²) < 4.78 is 0. The zero-order chi connectivity index (χ0) is 32.9. The summed E-state index contributed by atoms with van der Waals surface area (Å²) in [5.74, 6) is 0.270. The van der Waals surface area contributed by atoms with Gasteiger partial charge in [0.15, 0.2) is 11.6 Å². The number of amidine groups is 1. The molecule has 3 N–H and O–H groups in total. The van der Waals surface area contributed by atoms with Gasteiger partial charge < -0.3 is 20.6 Å². The third-order valence-electron chi connectivity index (χ3n) is 7.29. The highest BCUT2D eigenvalue weighted by atomic mass is 16.3. The molecule has 0 bridgehead atoms. The van der Waals surface area contributed by atoms with Crippen LogP contribution in [-0.4, -0.2) is 60.6 Å². The summed E-state index contributed by atoms with van der Waals surface area (Å²) in [5, 5.41) is 16.6. The highest BCUT2D eigenvalue weighted by Crippen LogP contribution is 2.31. The summed E-state index contributed by atoms with van der Waals surface area (Å²) in [4.78, 5) is 42.3. The standard InChI is InChI=1S/C26H46N4O3.C9H12O/c1-7-8-9-10-15-24(27-5)28-18-29-26(33)25(20(4)31)23(32)16-21-13-11-12-14-22(21)30(6)17-19(2)3;1-5-7(3)9(6-2)8(4)10/h19,32H,7-18H2,1-6H3,(H,27,28)(H,29,33);5-6H,1-2H2,3-4H3/b25-23-;9-7+. The number of aliphatic hydroxyl groups excluding tert-OH is 1. The first-order valence-electron chi connectivity index (χ1n) is 15.6. The molecule has 1 aliphatic carbocycles. The Labute approximate surface area is 261 Å². The fourth-order valence-electron chi connectivity index (χ4n) is 5.05. The van der Waals surface area contributed by atoms with Crippen molar-refractivity contribution in [2.24, 2.45) is 10.9 Å². The molecule has 0 aliphatic heterocycles. The second-order valence-corrected chi connectivity index (χ2v) is 11.5. The van der Waals surface area contributed by atoms with Gasteiger partial charge in [0.25, 0.3) is 5.91 Å². The third kappa shape index (κ3) is 15.6. The average molecular weight is 599 g/mol. The largest absolute Gasteiger partial charge is 0.511 e. The first-order valence-corrected chi connectivity index (χ1v) is 15.6. The minimum atomic E-state index is -0.553. The van der Waals surface area contributed by atoms with Gasteiger partial charge in [-0.25, -0.2) is 0 Å². The molecule has 0 unspecified atom stereocenters. The minimum absolute atomic E-state index is 0.0346. The van der Waals surface area contributed by atoms with Crippen molar-refractivity contribution in [1.82, 2.24) is 15.5 Å². The number of nitrogens with zero attached hydrogens (tertiary/aromatic N) is 2. The van der Waals surface area contributed by atoms with E-state index in [4.69, 9.17) is 0 Å². The van der Waals surface area contributed by atoms with Gasteiger partial charge in [0.2, 0.25) is 0 Å². The molecule has 0 saturated carbocycles. The van der Waals surface area contributed by atoms with E-state index in [1.807, 2.05) is 6.92 Å². The maximum atomic E-state index is 12.7. The smallest absolute Gasteiger partial charge is 0.259 e. The van der Waals surface area contributed by atoms with Crippen LogP contribution in [0.25, 0.3) is 0 Å². The molecule has 0 aromatic carbocycles. The summed E-state index contributed by atoms with van der Waals surface area (Å²) in [6.07, 6.45) is 12.9. The van der Waals surface area contributed by atoms with Gasteiger partial charge in [0, 0.05) is 44.8 Å². The van der Waals surface area contributed by atoms with Crippen LogP contribution in [0.15, 0.2) is 64.1 Å². The molecule has 1 rings (SSSR count). The molecule has 1 amide bonds. The van der Waals surface area contributed by atoms with Crippen molar-refractivity contribution in [1.29, 1.82) is 0 Å². The lowest BCUT2D eigenvalue weighted by molar-refractivity contribution is -0.122. The Bertz CT molecular complexity index is 1080. The summed E-state index contributed by atoms with van der Waals surface area (Å²) in [6, 6.07) is 0. The molecule has 8 heteroatoms. The van der Waals surface area contributed by atoms with E-state index < -0.39 is 11.7 Å². The number of ketones is 2.